The van der Waals surface area contributed by atoms with Gasteiger partial charge in [-0.2, -0.15) is 13.2 Å². The van der Waals surface area contributed by atoms with Gasteiger partial charge in [-0.15, -0.1) is 0 Å². The lowest BCUT2D eigenvalue weighted by atomic mass is 9.83. The average molecular weight is 757 g/mol. The Morgan fingerprint density at radius 2 is 1.46 bits per heavy atom. The number of aliphatic hydroxyl groups excluding tert-OH is 7. The number of carbonyl (C=O) groups is 3. The summed E-state index contributed by atoms with van der Waals surface area (Å²) in [6.07, 6.45) is -28.6. The number of carbonyl (C=O) groups excluding carboxylic acids is 3. The van der Waals surface area contributed by atoms with Gasteiger partial charge in [-0.05, 0) is 12.0 Å². The lowest BCUT2D eigenvalue weighted by molar-refractivity contribution is -0.333. The minimum Gasteiger partial charge on any atom is -0.445 e. The highest BCUT2D eigenvalue weighted by Gasteiger charge is 2.54. The molecule has 1 aliphatic carbocycles. The van der Waals surface area contributed by atoms with E-state index in [0.717, 1.165) is 6.92 Å². The van der Waals surface area contributed by atoms with Crippen LogP contribution in [0.2, 0.25) is 0 Å². The molecule has 12 N–H and O–H groups in total. The normalized spacial score (nSPS) is 38.2. The molecule has 0 spiro atoms. The molecule has 1 aromatic rings. The minimum atomic E-state index is -5.41. The Hall–Kier alpha value is -3.26. The highest BCUT2D eigenvalue weighted by Crippen LogP contribution is 2.32. The van der Waals surface area contributed by atoms with Crippen LogP contribution < -0.4 is 21.7 Å². The third kappa shape index (κ3) is 10.0. The number of amides is 3. The number of aliphatic hydroxyl groups is 7. The fraction of sp³-hybridized carbons (Fsp3) is 0.700. The Morgan fingerprint density at radius 3 is 2.08 bits per heavy atom. The van der Waals surface area contributed by atoms with Gasteiger partial charge in [0.15, 0.2) is 12.6 Å². The summed E-state index contributed by atoms with van der Waals surface area (Å²) in [5.41, 5.74) is 6.91. The van der Waals surface area contributed by atoms with Crippen molar-refractivity contribution in [2.75, 3.05) is 13.2 Å². The van der Waals surface area contributed by atoms with Crippen molar-refractivity contribution in [3.63, 3.8) is 0 Å². The predicted molar refractivity (Wildman–Crippen MR) is 163 cm³/mol. The van der Waals surface area contributed by atoms with E-state index in [1.807, 2.05) is 0 Å². The Morgan fingerprint density at radius 1 is 0.846 bits per heavy atom. The maximum Gasteiger partial charge on any atom is 0.471 e. The molecule has 3 aliphatic rings. The Labute approximate surface area is 293 Å². The first-order chi connectivity index (χ1) is 24.4. The van der Waals surface area contributed by atoms with Crippen LogP contribution in [-0.2, 0) is 39.9 Å². The van der Waals surface area contributed by atoms with Gasteiger partial charge >= 0.3 is 18.2 Å². The molecule has 294 valence electrons. The fourth-order valence-corrected chi connectivity index (χ4v) is 6.07. The second kappa shape index (κ2) is 17.7. The number of alkyl halides is 3. The van der Waals surface area contributed by atoms with Gasteiger partial charge < -0.3 is 81.1 Å². The summed E-state index contributed by atoms with van der Waals surface area (Å²) < 4.78 is 66.5. The second-order valence-corrected chi connectivity index (χ2v) is 12.6. The summed E-state index contributed by atoms with van der Waals surface area (Å²) >= 11 is 0. The number of hydrogen-bond acceptors (Lipinski definition) is 16. The van der Waals surface area contributed by atoms with E-state index in [-0.39, 0.29) is 13.0 Å². The van der Waals surface area contributed by atoms with E-state index in [4.69, 9.17) is 29.4 Å². The van der Waals surface area contributed by atoms with Gasteiger partial charge in [0, 0.05) is 19.5 Å². The molecule has 3 amide bonds. The first kappa shape index (κ1) is 41.5. The maximum atomic E-state index is 13.0. The Kier molecular flexibility index (Phi) is 14.1. The third-order valence-corrected chi connectivity index (χ3v) is 8.76. The molecule has 0 bridgehead atoms. The zero-order valence-corrected chi connectivity index (χ0v) is 27.5. The molecule has 1 aromatic carbocycles. The molecule has 22 heteroatoms. The van der Waals surface area contributed by atoms with Crippen LogP contribution in [0.4, 0.5) is 18.0 Å². The molecule has 2 heterocycles. The van der Waals surface area contributed by atoms with Crippen molar-refractivity contribution in [3.8, 4) is 0 Å². The van der Waals surface area contributed by atoms with Gasteiger partial charge in [-0.3, -0.25) is 9.59 Å². The summed E-state index contributed by atoms with van der Waals surface area (Å²) in [7, 11) is 0. The molecule has 0 radical (unpaired) electrons. The predicted octanol–water partition coefficient (Wildman–Crippen LogP) is -4.43. The van der Waals surface area contributed by atoms with E-state index < -0.39 is 129 Å². The molecular formula is C30H43F3N4O15. The lowest BCUT2D eigenvalue weighted by Crippen LogP contribution is -2.70. The topological polar surface area (TPSA) is 301 Å². The molecule has 3 fully saturated rings. The molecular weight excluding hydrogens is 713 g/mol. The zero-order chi connectivity index (χ0) is 38.5. The summed E-state index contributed by atoms with van der Waals surface area (Å²) in [6.45, 7) is -0.424. The van der Waals surface area contributed by atoms with Crippen molar-refractivity contribution in [2.45, 2.75) is 118 Å². The van der Waals surface area contributed by atoms with Crippen molar-refractivity contribution < 1.29 is 87.0 Å². The fourth-order valence-electron chi connectivity index (χ4n) is 6.07. The van der Waals surface area contributed by atoms with Gasteiger partial charge in [0.05, 0.1) is 18.7 Å². The highest BCUT2D eigenvalue weighted by atomic mass is 19.4. The monoisotopic (exact) mass is 756 g/mol. The summed E-state index contributed by atoms with van der Waals surface area (Å²) in [4.78, 5) is 36.0. The van der Waals surface area contributed by atoms with Gasteiger partial charge in [0.2, 0.25) is 5.91 Å². The van der Waals surface area contributed by atoms with Crippen LogP contribution in [0.3, 0.4) is 0 Å². The van der Waals surface area contributed by atoms with Crippen molar-refractivity contribution in [1.29, 1.82) is 0 Å². The number of benzene rings is 1. The number of nitrogens with one attached hydrogen (secondary N) is 3. The van der Waals surface area contributed by atoms with Crippen molar-refractivity contribution >= 4 is 17.9 Å². The number of ether oxygens (including phenoxy) is 5. The van der Waals surface area contributed by atoms with Gasteiger partial charge in [-0.1, -0.05) is 30.3 Å². The van der Waals surface area contributed by atoms with E-state index >= 15 is 0 Å². The number of halogens is 3. The van der Waals surface area contributed by atoms with E-state index in [9.17, 15) is 63.3 Å². The smallest absolute Gasteiger partial charge is 0.445 e. The van der Waals surface area contributed by atoms with Gasteiger partial charge in [0.25, 0.3) is 0 Å². The summed E-state index contributed by atoms with van der Waals surface area (Å²) in [5.74, 6) is -3.15. The molecule has 6 unspecified atom stereocenters. The summed E-state index contributed by atoms with van der Waals surface area (Å²) in [5, 5.41) is 80.5. The molecule has 0 aromatic heterocycles. The number of alkyl carbamates (subject to hydrolysis) is 1. The number of hydrogen-bond donors (Lipinski definition) is 11. The van der Waals surface area contributed by atoms with Crippen molar-refractivity contribution in [3.05, 3.63) is 35.9 Å². The van der Waals surface area contributed by atoms with Crippen LogP contribution in [0.5, 0.6) is 0 Å². The Balaban J connectivity index is 1.48. The maximum absolute atomic E-state index is 13.0. The molecule has 52 heavy (non-hydrogen) atoms. The van der Waals surface area contributed by atoms with Crippen LogP contribution in [-0.4, -0.2) is 165 Å². The lowest BCUT2D eigenvalue weighted by Gasteiger charge is -2.49. The Bertz CT molecular complexity index is 1350. The molecule has 2 aliphatic heterocycles. The SMILES string of the molecule is CC(=O)NC1C[C@@H](N)[C@H](O[C@H]2OC(CO)[C@@H](O)[C@H](NC(=O)C(F)(F)F)C2O)C(O)[C@H]1O[C@@H]1OC(CNC(=O)OCc2ccccc2)[C@H](O)C(O)[C@H]1O. The highest BCUT2D eigenvalue weighted by molar-refractivity contribution is 5.82. The van der Waals surface area contributed by atoms with Crippen LogP contribution in [0.1, 0.15) is 18.9 Å². The molecule has 19 nitrogen and oxygen atoms in total. The second-order valence-electron chi connectivity index (χ2n) is 12.6. The number of rotatable bonds is 11. The van der Waals surface area contributed by atoms with E-state index in [0.29, 0.717) is 5.56 Å². The molecule has 15 atom stereocenters. The molecule has 2 saturated heterocycles. The van der Waals surface area contributed by atoms with Crippen molar-refractivity contribution in [1.82, 2.24) is 16.0 Å². The molecule has 4 rings (SSSR count). The quantitative estimate of drug-likeness (QED) is 0.102. The first-order valence-electron chi connectivity index (χ1n) is 16.1. The van der Waals surface area contributed by atoms with Crippen LogP contribution >= 0.6 is 0 Å². The standard InChI is InChI=1S/C30H43F3N4O15/c1-11(39)36-14-7-13(34)24(51-26-20(42)17(18(40)16(9-38)50-26)37-28(46)30(31,32)33)23(45)25(14)52-27-22(44)21(43)19(41)15(49-27)8-35-29(47)48-10-12-5-3-2-4-6-12/h2-6,13-27,38,40-45H,7-10,34H2,1H3,(H,35,47)(H,36,39)(H,37,46)/t13-,14?,15?,16?,17+,18-,19+,20?,21?,22-,23?,24+,25+,26-,27+/m1/s1. The molecule has 1 saturated carbocycles. The third-order valence-electron chi connectivity index (χ3n) is 8.76. The van der Waals surface area contributed by atoms with Gasteiger partial charge in [-0.25, -0.2) is 4.79 Å². The van der Waals surface area contributed by atoms with Gasteiger partial charge in [0.1, 0.15) is 67.6 Å². The largest absolute Gasteiger partial charge is 0.471 e. The van der Waals surface area contributed by atoms with E-state index in [1.165, 1.54) is 5.32 Å². The minimum absolute atomic E-state index is 0.0870. The van der Waals surface area contributed by atoms with Crippen LogP contribution in [0.25, 0.3) is 0 Å². The van der Waals surface area contributed by atoms with Crippen LogP contribution in [0.15, 0.2) is 30.3 Å². The zero-order valence-electron chi connectivity index (χ0n) is 27.5. The van der Waals surface area contributed by atoms with Crippen LogP contribution in [0, 0.1) is 0 Å². The average Bonchev–Trinajstić information content (AvgIpc) is 3.09. The number of nitrogens with two attached hydrogens (primary N) is 1. The summed E-state index contributed by atoms with van der Waals surface area (Å²) in [6, 6.07) is 4.22. The first-order valence-corrected chi connectivity index (χ1v) is 16.1. The van der Waals surface area contributed by atoms with E-state index in [2.05, 4.69) is 10.6 Å². The van der Waals surface area contributed by atoms with E-state index in [1.54, 1.807) is 30.3 Å². The van der Waals surface area contributed by atoms with Crippen molar-refractivity contribution in [2.24, 2.45) is 5.73 Å².